The lowest BCUT2D eigenvalue weighted by Gasteiger charge is -2.33. The molecule has 3 amide bonds. The van der Waals surface area contributed by atoms with Crippen LogP contribution in [0.5, 0.6) is 0 Å². The van der Waals surface area contributed by atoms with Crippen LogP contribution in [0.25, 0.3) is 6.08 Å². The highest BCUT2D eigenvalue weighted by atomic mass is 16.2. The molecule has 1 aromatic carbocycles. The first-order valence-electron chi connectivity index (χ1n) is 9.62. The van der Waals surface area contributed by atoms with Crippen molar-refractivity contribution >= 4 is 23.8 Å². The van der Waals surface area contributed by atoms with Crippen LogP contribution in [0.15, 0.2) is 36.4 Å². The van der Waals surface area contributed by atoms with E-state index in [1.54, 1.807) is 15.9 Å². The van der Waals surface area contributed by atoms with E-state index >= 15 is 0 Å². The Morgan fingerprint density at radius 3 is 2.41 bits per heavy atom. The van der Waals surface area contributed by atoms with E-state index in [-0.39, 0.29) is 30.2 Å². The molecule has 0 bridgehead atoms. The minimum absolute atomic E-state index is 0.00989. The van der Waals surface area contributed by atoms with E-state index in [0.29, 0.717) is 39.0 Å². The molecule has 27 heavy (non-hydrogen) atoms. The molecule has 0 unspecified atom stereocenters. The Balaban J connectivity index is 1.84. The normalized spacial score (nSPS) is 15.0. The van der Waals surface area contributed by atoms with Gasteiger partial charge in [0.05, 0.1) is 6.54 Å². The van der Waals surface area contributed by atoms with Gasteiger partial charge in [-0.15, -0.1) is 0 Å². The summed E-state index contributed by atoms with van der Waals surface area (Å²) in [6.45, 7) is 6.03. The number of nitrogens with zero attached hydrogens (tertiary/aromatic N) is 2. The minimum atomic E-state index is -0.133. The van der Waals surface area contributed by atoms with Gasteiger partial charge >= 0.3 is 0 Å². The molecule has 2 rings (SSSR count). The first-order chi connectivity index (χ1) is 13.0. The van der Waals surface area contributed by atoms with Crippen LogP contribution in [0.2, 0.25) is 0 Å². The van der Waals surface area contributed by atoms with Crippen molar-refractivity contribution in [3.8, 4) is 0 Å². The Kier molecular flexibility index (Phi) is 8.04. The number of benzene rings is 1. The zero-order chi connectivity index (χ0) is 19.6. The van der Waals surface area contributed by atoms with Crippen molar-refractivity contribution in [2.75, 3.05) is 32.7 Å². The third-order valence-corrected chi connectivity index (χ3v) is 4.78. The molecular weight excluding hydrogens is 342 g/mol. The maximum absolute atomic E-state index is 12.7. The Morgan fingerprint density at radius 1 is 1.15 bits per heavy atom. The van der Waals surface area contributed by atoms with E-state index in [2.05, 4.69) is 5.32 Å². The number of hydrogen-bond donors (Lipinski definition) is 1. The maximum atomic E-state index is 12.7. The summed E-state index contributed by atoms with van der Waals surface area (Å²) >= 11 is 0. The molecule has 1 heterocycles. The van der Waals surface area contributed by atoms with E-state index in [4.69, 9.17) is 0 Å². The molecule has 0 spiro atoms. The molecule has 6 nitrogen and oxygen atoms in total. The topological polar surface area (TPSA) is 69.7 Å². The number of hydrogen-bond acceptors (Lipinski definition) is 3. The number of likely N-dealkylation sites (tertiary alicyclic amines) is 1. The third kappa shape index (κ3) is 6.24. The SMILES string of the molecule is CCNC(=O)CN(CC)C(=O)C1CCN(C(=O)/C=C/c2ccccc2)CC1. The molecule has 0 aromatic heterocycles. The van der Waals surface area contributed by atoms with Crippen molar-refractivity contribution in [1.82, 2.24) is 15.1 Å². The van der Waals surface area contributed by atoms with Gasteiger partial charge in [0.1, 0.15) is 0 Å². The number of piperidine rings is 1. The van der Waals surface area contributed by atoms with Crippen LogP contribution in [0.1, 0.15) is 32.3 Å². The fourth-order valence-electron chi connectivity index (χ4n) is 3.21. The quantitative estimate of drug-likeness (QED) is 0.745. The van der Waals surface area contributed by atoms with Crippen molar-refractivity contribution in [1.29, 1.82) is 0 Å². The van der Waals surface area contributed by atoms with E-state index in [1.165, 1.54) is 0 Å². The average molecular weight is 371 g/mol. The highest BCUT2D eigenvalue weighted by molar-refractivity contribution is 5.92. The van der Waals surface area contributed by atoms with Crippen molar-refractivity contribution in [2.24, 2.45) is 5.92 Å². The van der Waals surface area contributed by atoms with Gasteiger partial charge in [0.2, 0.25) is 17.7 Å². The fraction of sp³-hybridized carbons (Fsp3) is 0.476. The first-order valence-corrected chi connectivity index (χ1v) is 9.62. The Morgan fingerprint density at radius 2 is 1.81 bits per heavy atom. The molecule has 0 radical (unpaired) electrons. The molecule has 1 aromatic rings. The highest BCUT2D eigenvalue weighted by Gasteiger charge is 2.29. The van der Waals surface area contributed by atoms with Crippen LogP contribution in [-0.4, -0.2) is 60.2 Å². The largest absolute Gasteiger partial charge is 0.355 e. The molecule has 0 saturated carbocycles. The number of rotatable bonds is 7. The van der Waals surface area contributed by atoms with E-state index in [1.807, 2.05) is 50.3 Å². The van der Waals surface area contributed by atoms with E-state index in [0.717, 1.165) is 5.56 Å². The number of carbonyl (C=O) groups excluding carboxylic acids is 3. The fourth-order valence-corrected chi connectivity index (χ4v) is 3.21. The van der Waals surface area contributed by atoms with Gasteiger partial charge in [0, 0.05) is 38.2 Å². The number of amides is 3. The third-order valence-electron chi connectivity index (χ3n) is 4.78. The van der Waals surface area contributed by atoms with Gasteiger partial charge in [0.25, 0.3) is 0 Å². The summed E-state index contributed by atoms with van der Waals surface area (Å²) in [6, 6.07) is 9.70. The van der Waals surface area contributed by atoms with Crippen LogP contribution < -0.4 is 5.32 Å². The predicted octanol–water partition coefficient (Wildman–Crippen LogP) is 1.92. The van der Waals surface area contributed by atoms with Gasteiger partial charge in [-0.05, 0) is 38.3 Å². The second-order valence-electron chi connectivity index (χ2n) is 6.65. The molecule has 0 aliphatic carbocycles. The van der Waals surface area contributed by atoms with Crippen LogP contribution in [0.4, 0.5) is 0 Å². The number of carbonyl (C=O) groups is 3. The smallest absolute Gasteiger partial charge is 0.246 e. The summed E-state index contributed by atoms with van der Waals surface area (Å²) in [5.74, 6) is -0.275. The summed E-state index contributed by atoms with van der Waals surface area (Å²) < 4.78 is 0. The van der Waals surface area contributed by atoms with Crippen molar-refractivity contribution in [3.05, 3.63) is 42.0 Å². The second kappa shape index (κ2) is 10.5. The molecule has 1 saturated heterocycles. The molecule has 146 valence electrons. The Hall–Kier alpha value is -2.63. The van der Waals surface area contributed by atoms with Gasteiger partial charge in [-0.1, -0.05) is 30.3 Å². The lowest BCUT2D eigenvalue weighted by atomic mass is 9.95. The van der Waals surface area contributed by atoms with Crippen LogP contribution in [0.3, 0.4) is 0 Å². The minimum Gasteiger partial charge on any atom is -0.355 e. The Bertz CT molecular complexity index is 665. The van der Waals surface area contributed by atoms with Crippen molar-refractivity contribution in [2.45, 2.75) is 26.7 Å². The van der Waals surface area contributed by atoms with Crippen LogP contribution in [0, 0.1) is 5.92 Å². The van der Waals surface area contributed by atoms with Gasteiger partial charge in [0.15, 0.2) is 0 Å². The Labute approximate surface area is 161 Å². The average Bonchev–Trinajstić information content (AvgIpc) is 2.71. The molecule has 1 aliphatic heterocycles. The zero-order valence-corrected chi connectivity index (χ0v) is 16.2. The summed E-state index contributed by atoms with van der Waals surface area (Å²) in [4.78, 5) is 40.2. The molecule has 6 heteroatoms. The highest BCUT2D eigenvalue weighted by Crippen LogP contribution is 2.20. The predicted molar refractivity (Wildman–Crippen MR) is 106 cm³/mol. The summed E-state index contributed by atoms with van der Waals surface area (Å²) in [5.41, 5.74) is 0.986. The summed E-state index contributed by atoms with van der Waals surface area (Å²) in [6.07, 6.45) is 4.67. The van der Waals surface area contributed by atoms with Crippen LogP contribution in [-0.2, 0) is 14.4 Å². The second-order valence-corrected chi connectivity index (χ2v) is 6.65. The van der Waals surface area contributed by atoms with Crippen LogP contribution >= 0.6 is 0 Å². The zero-order valence-electron chi connectivity index (χ0n) is 16.2. The maximum Gasteiger partial charge on any atom is 0.246 e. The van der Waals surface area contributed by atoms with Gasteiger partial charge in [-0.3, -0.25) is 14.4 Å². The number of nitrogens with one attached hydrogen (secondary N) is 1. The molecule has 1 fully saturated rings. The van der Waals surface area contributed by atoms with Crippen molar-refractivity contribution in [3.63, 3.8) is 0 Å². The van der Waals surface area contributed by atoms with Gasteiger partial charge in [-0.25, -0.2) is 0 Å². The standard InChI is InChI=1S/C21H29N3O3/c1-3-22-19(25)16-23(4-2)21(27)18-12-14-24(15-13-18)20(26)11-10-17-8-6-5-7-9-17/h5-11,18H,3-4,12-16H2,1-2H3,(H,22,25)/b11-10+. The lowest BCUT2D eigenvalue weighted by Crippen LogP contribution is -2.46. The lowest BCUT2D eigenvalue weighted by molar-refractivity contribution is -0.141. The van der Waals surface area contributed by atoms with E-state index in [9.17, 15) is 14.4 Å². The molecule has 1 aliphatic rings. The summed E-state index contributed by atoms with van der Waals surface area (Å²) in [5, 5.41) is 2.72. The summed E-state index contributed by atoms with van der Waals surface area (Å²) in [7, 11) is 0. The molecule has 0 atom stereocenters. The van der Waals surface area contributed by atoms with Gasteiger partial charge < -0.3 is 15.1 Å². The molecule has 1 N–H and O–H groups in total. The first kappa shape index (κ1) is 20.7. The number of likely N-dealkylation sites (N-methyl/N-ethyl adjacent to an activating group) is 2. The van der Waals surface area contributed by atoms with E-state index < -0.39 is 0 Å². The molecular formula is C21H29N3O3. The van der Waals surface area contributed by atoms with Gasteiger partial charge in [-0.2, -0.15) is 0 Å². The van der Waals surface area contributed by atoms with Crippen molar-refractivity contribution < 1.29 is 14.4 Å². The monoisotopic (exact) mass is 371 g/mol.